The Morgan fingerprint density at radius 2 is 1.26 bits per heavy atom. The second-order valence-electron chi connectivity index (χ2n) is 5.46. The summed E-state index contributed by atoms with van der Waals surface area (Å²) >= 11 is 0. The van der Waals surface area contributed by atoms with Gasteiger partial charge in [-0.2, -0.15) is 0 Å². The van der Waals surface area contributed by atoms with E-state index < -0.39 is 0 Å². The lowest BCUT2D eigenvalue weighted by molar-refractivity contribution is -0.384. The van der Waals surface area contributed by atoms with Crippen LogP contribution in [0.2, 0.25) is 0 Å². The van der Waals surface area contributed by atoms with Gasteiger partial charge < -0.3 is 0 Å². The van der Waals surface area contributed by atoms with Gasteiger partial charge in [-0.1, -0.05) is 66.7 Å². The van der Waals surface area contributed by atoms with Crippen LogP contribution in [0.3, 0.4) is 0 Å². The van der Waals surface area contributed by atoms with E-state index in [0.29, 0.717) is 5.56 Å². The van der Waals surface area contributed by atoms with Crippen LogP contribution in [0.4, 0.5) is 5.69 Å². The second-order valence-corrected chi connectivity index (χ2v) is 5.46. The first-order valence-electron chi connectivity index (χ1n) is 7.40. The van der Waals surface area contributed by atoms with Crippen LogP contribution in [0, 0.1) is 10.1 Å². The minimum atomic E-state index is -0.302. The molecule has 4 aromatic rings. The van der Waals surface area contributed by atoms with Gasteiger partial charge in [0.2, 0.25) is 0 Å². The van der Waals surface area contributed by atoms with E-state index in [9.17, 15) is 10.1 Å². The van der Waals surface area contributed by atoms with Crippen LogP contribution >= 0.6 is 0 Å². The maximum atomic E-state index is 11.6. The molecule has 0 radical (unpaired) electrons. The Bertz CT molecular complexity index is 1050. The SMILES string of the molecule is O=[N+]([O-])c1ccc2ccccc2c1-c1cccc2ccccc12. The molecule has 4 aromatic carbocycles. The highest BCUT2D eigenvalue weighted by molar-refractivity contribution is 6.08. The molecule has 0 amide bonds. The molecular formula is C20H13NO2. The number of rotatable bonds is 2. The molecule has 0 aromatic heterocycles. The number of nitro benzene ring substituents is 1. The molecule has 0 unspecified atom stereocenters. The highest BCUT2D eigenvalue weighted by atomic mass is 16.6. The van der Waals surface area contributed by atoms with Crippen LogP contribution in [-0.4, -0.2) is 4.92 Å². The van der Waals surface area contributed by atoms with Gasteiger partial charge in [0.25, 0.3) is 5.69 Å². The lowest BCUT2D eigenvalue weighted by Gasteiger charge is -2.11. The Hall–Kier alpha value is -3.20. The van der Waals surface area contributed by atoms with E-state index in [2.05, 4.69) is 0 Å². The summed E-state index contributed by atoms with van der Waals surface area (Å²) < 4.78 is 0. The first-order chi connectivity index (χ1) is 11.3. The Kier molecular flexibility index (Phi) is 3.05. The Balaban J connectivity index is 2.19. The average molecular weight is 299 g/mol. The summed E-state index contributed by atoms with van der Waals surface area (Å²) in [6, 6.07) is 25.1. The summed E-state index contributed by atoms with van der Waals surface area (Å²) in [5.41, 5.74) is 1.72. The summed E-state index contributed by atoms with van der Waals surface area (Å²) in [5, 5.41) is 15.6. The maximum Gasteiger partial charge on any atom is 0.277 e. The van der Waals surface area contributed by atoms with Gasteiger partial charge in [0.05, 0.1) is 10.5 Å². The maximum absolute atomic E-state index is 11.6. The Morgan fingerprint density at radius 1 is 0.652 bits per heavy atom. The monoisotopic (exact) mass is 299 g/mol. The summed E-state index contributed by atoms with van der Waals surface area (Å²) in [5.74, 6) is 0. The fourth-order valence-electron chi connectivity index (χ4n) is 3.14. The van der Waals surface area contributed by atoms with Crippen molar-refractivity contribution in [1.82, 2.24) is 0 Å². The number of hydrogen-bond donors (Lipinski definition) is 0. The van der Waals surface area contributed by atoms with Gasteiger partial charge in [-0.05, 0) is 33.2 Å². The molecule has 0 saturated carbocycles. The van der Waals surface area contributed by atoms with Gasteiger partial charge >= 0.3 is 0 Å². The molecule has 0 atom stereocenters. The van der Waals surface area contributed by atoms with Crippen molar-refractivity contribution in [2.75, 3.05) is 0 Å². The van der Waals surface area contributed by atoms with E-state index in [0.717, 1.165) is 27.1 Å². The molecule has 3 heteroatoms. The largest absolute Gasteiger partial charge is 0.277 e. The summed E-state index contributed by atoms with van der Waals surface area (Å²) in [7, 11) is 0. The predicted molar refractivity (Wildman–Crippen MR) is 93.5 cm³/mol. The molecule has 110 valence electrons. The van der Waals surface area contributed by atoms with Gasteiger partial charge in [0.1, 0.15) is 0 Å². The van der Waals surface area contributed by atoms with Crippen molar-refractivity contribution in [2.45, 2.75) is 0 Å². The van der Waals surface area contributed by atoms with Crippen molar-refractivity contribution in [3.8, 4) is 11.1 Å². The van der Waals surface area contributed by atoms with Crippen molar-refractivity contribution in [1.29, 1.82) is 0 Å². The van der Waals surface area contributed by atoms with Gasteiger partial charge in [-0.25, -0.2) is 0 Å². The molecule has 0 spiro atoms. The smallest absolute Gasteiger partial charge is 0.258 e. The van der Waals surface area contributed by atoms with Gasteiger partial charge in [0.15, 0.2) is 0 Å². The van der Waals surface area contributed by atoms with E-state index in [-0.39, 0.29) is 10.6 Å². The van der Waals surface area contributed by atoms with Crippen LogP contribution in [-0.2, 0) is 0 Å². The zero-order valence-corrected chi connectivity index (χ0v) is 12.3. The molecule has 23 heavy (non-hydrogen) atoms. The third kappa shape index (κ3) is 2.14. The van der Waals surface area contributed by atoms with E-state index in [1.54, 1.807) is 6.07 Å². The normalized spacial score (nSPS) is 11.0. The molecule has 0 bridgehead atoms. The second kappa shape index (κ2) is 5.21. The highest BCUT2D eigenvalue weighted by Gasteiger charge is 2.19. The molecule has 0 saturated heterocycles. The fourth-order valence-corrected chi connectivity index (χ4v) is 3.14. The quantitative estimate of drug-likeness (QED) is 0.359. The van der Waals surface area contributed by atoms with Crippen LogP contribution in [0.15, 0.2) is 78.9 Å². The van der Waals surface area contributed by atoms with E-state index in [4.69, 9.17) is 0 Å². The predicted octanol–water partition coefficient (Wildman–Crippen LogP) is 5.57. The Labute approximate surface area is 133 Å². The first-order valence-corrected chi connectivity index (χ1v) is 7.40. The summed E-state index contributed by atoms with van der Waals surface area (Å²) in [6.07, 6.45) is 0. The molecule has 4 rings (SSSR count). The number of fused-ring (bicyclic) bond motifs is 2. The molecule has 0 fully saturated rings. The first kappa shape index (κ1) is 13.5. The zero-order valence-electron chi connectivity index (χ0n) is 12.3. The van der Waals surface area contributed by atoms with Crippen LogP contribution < -0.4 is 0 Å². The fraction of sp³-hybridized carbons (Fsp3) is 0. The molecule has 0 N–H and O–H groups in total. The molecule has 0 aliphatic rings. The van der Waals surface area contributed by atoms with Crippen molar-refractivity contribution in [3.05, 3.63) is 89.0 Å². The molecular weight excluding hydrogens is 286 g/mol. The third-order valence-electron chi connectivity index (χ3n) is 4.16. The minimum absolute atomic E-state index is 0.139. The van der Waals surface area contributed by atoms with Gasteiger partial charge in [-0.3, -0.25) is 10.1 Å². The third-order valence-corrected chi connectivity index (χ3v) is 4.16. The van der Waals surface area contributed by atoms with Crippen molar-refractivity contribution in [3.63, 3.8) is 0 Å². The van der Waals surface area contributed by atoms with Crippen molar-refractivity contribution >= 4 is 27.2 Å². The van der Waals surface area contributed by atoms with E-state index in [1.807, 2.05) is 72.8 Å². The van der Waals surface area contributed by atoms with Gasteiger partial charge in [-0.15, -0.1) is 0 Å². The number of benzene rings is 4. The van der Waals surface area contributed by atoms with Crippen LogP contribution in [0.5, 0.6) is 0 Å². The van der Waals surface area contributed by atoms with Crippen LogP contribution in [0.25, 0.3) is 32.7 Å². The van der Waals surface area contributed by atoms with Crippen molar-refractivity contribution in [2.24, 2.45) is 0 Å². The van der Waals surface area contributed by atoms with Crippen LogP contribution in [0.1, 0.15) is 0 Å². The highest BCUT2D eigenvalue weighted by Crippen LogP contribution is 2.39. The molecule has 0 heterocycles. The lowest BCUT2D eigenvalue weighted by Crippen LogP contribution is -1.94. The van der Waals surface area contributed by atoms with Crippen molar-refractivity contribution < 1.29 is 4.92 Å². The topological polar surface area (TPSA) is 43.1 Å². The zero-order chi connectivity index (χ0) is 15.8. The number of nitro groups is 1. The Morgan fingerprint density at radius 3 is 2.00 bits per heavy atom. The van der Waals surface area contributed by atoms with Gasteiger partial charge in [0, 0.05) is 6.07 Å². The lowest BCUT2D eigenvalue weighted by atomic mass is 9.92. The number of hydrogen-bond acceptors (Lipinski definition) is 2. The molecule has 3 nitrogen and oxygen atoms in total. The standard InChI is InChI=1S/C20H13NO2/c22-21(23)19-13-12-15-7-2-4-10-17(15)20(19)18-11-5-8-14-6-1-3-9-16(14)18/h1-13H. The average Bonchev–Trinajstić information content (AvgIpc) is 2.60. The minimum Gasteiger partial charge on any atom is -0.258 e. The summed E-state index contributed by atoms with van der Waals surface area (Å²) in [4.78, 5) is 11.3. The van der Waals surface area contributed by atoms with E-state index >= 15 is 0 Å². The van der Waals surface area contributed by atoms with E-state index in [1.165, 1.54) is 0 Å². The summed E-state index contributed by atoms with van der Waals surface area (Å²) in [6.45, 7) is 0. The molecule has 0 aliphatic carbocycles. The molecule has 0 aliphatic heterocycles. The number of nitrogens with zero attached hydrogens (tertiary/aromatic N) is 1.